The highest BCUT2D eigenvalue weighted by Crippen LogP contribution is 2.31. The summed E-state index contributed by atoms with van der Waals surface area (Å²) in [7, 11) is 0. The summed E-state index contributed by atoms with van der Waals surface area (Å²) in [6, 6.07) is 12.8. The summed E-state index contributed by atoms with van der Waals surface area (Å²) in [6.45, 7) is 2.06. The summed E-state index contributed by atoms with van der Waals surface area (Å²) >= 11 is 3.33. The molecular formula is C20H18BrNO3. The first-order valence-electron chi connectivity index (χ1n) is 8.11. The average Bonchev–Trinajstić information content (AvgIpc) is 3.03. The fourth-order valence-corrected chi connectivity index (χ4v) is 3.36. The molecule has 0 amide bonds. The number of benzene rings is 2. The van der Waals surface area contributed by atoms with Crippen LogP contribution in [0.25, 0.3) is 10.9 Å². The Morgan fingerprint density at radius 3 is 2.52 bits per heavy atom. The topological polar surface area (TPSA) is 70.2 Å². The van der Waals surface area contributed by atoms with Crippen molar-refractivity contribution in [1.82, 2.24) is 4.98 Å². The van der Waals surface area contributed by atoms with Crippen LogP contribution in [0.4, 0.5) is 0 Å². The fourth-order valence-electron chi connectivity index (χ4n) is 3.09. The van der Waals surface area contributed by atoms with Crippen molar-refractivity contribution < 1.29 is 14.7 Å². The number of aryl methyl sites for hydroxylation is 1. The van der Waals surface area contributed by atoms with E-state index >= 15 is 0 Å². The van der Waals surface area contributed by atoms with Gasteiger partial charge in [-0.3, -0.25) is 9.59 Å². The number of aliphatic carboxylic acids is 1. The van der Waals surface area contributed by atoms with Crippen molar-refractivity contribution in [3.8, 4) is 0 Å². The van der Waals surface area contributed by atoms with Gasteiger partial charge in [-0.15, -0.1) is 0 Å². The van der Waals surface area contributed by atoms with Crippen LogP contribution in [0.5, 0.6) is 0 Å². The Balaban J connectivity index is 1.96. The minimum Gasteiger partial charge on any atom is -0.481 e. The summed E-state index contributed by atoms with van der Waals surface area (Å²) in [5, 5.41) is 10.6. The highest BCUT2D eigenvalue weighted by atomic mass is 79.9. The maximum atomic E-state index is 12.5. The number of ketones is 1. The van der Waals surface area contributed by atoms with Gasteiger partial charge in [0, 0.05) is 33.6 Å². The molecule has 2 N–H and O–H groups in total. The number of fused-ring (bicyclic) bond motifs is 1. The number of para-hydroxylation sites is 1. The zero-order valence-electron chi connectivity index (χ0n) is 13.8. The first-order chi connectivity index (χ1) is 12.0. The van der Waals surface area contributed by atoms with E-state index in [9.17, 15) is 14.7 Å². The number of carboxylic acid groups (broad SMARTS) is 1. The van der Waals surface area contributed by atoms with Crippen molar-refractivity contribution in [1.29, 1.82) is 0 Å². The van der Waals surface area contributed by atoms with Gasteiger partial charge in [-0.05, 0) is 29.7 Å². The molecule has 3 aromatic rings. The number of nitrogens with one attached hydrogen (secondary N) is 1. The lowest BCUT2D eigenvalue weighted by Crippen LogP contribution is -2.16. The number of halogens is 1. The van der Waals surface area contributed by atoms with Gasteiger partial charge >= 0.3 is 5.97 Å². The smallest absolute Gasteiger partial charge is 0.311 e. The van der Waals surface area contributed by atoms with E-state index in [0.29, 0.717) is 11.1 Å². The number of aromatic amines is 1. The normalized spacial score (nSPS) is 12.2. The Labute approximate surface area is 154 Å². The SMILES string of the molecule is CCc1cccc2c([C@@H](CC(=O)c3ccc(Br)cc3)C(=O)O)c[nH]c12. The molecule has 0 aliphatic rings. The van der Waals surface area contributed by atoms with Crippen LogP contribution in [0.3, 0.4) is 0 Å². The zero-order valence-corrected chi connectivity index (χ0v) is 15.3. The number of aromatic nitrogens is 1. The molecule has 4 nitrogen and oxygen atoms in total. The van der Waals surface area contributed by atoms with Gasteiger partial charge in [-0.1, -0.05) is 53.2 Å². The van der Waals surface area contributed by atoms with Crippen molar-refractivity contribution in [3.05, 3.63) is 69.8 Å². The van der Waals surface area contributed by atoms with Crippen molar-refractivity contribution in [2.45, 2.75) is 25.7 Å². The van der Waals surface area contributed by atoms with Crippen LogP contribution < -0.4 is 0 Å². The molecule has 0 saturated heterocycles. The fraction of sp³-hybridized carbons (Fsp3) is 0.200. The van der Waals surface area contributed by atoms with Crippen molar-refractivity contribution in [2.75, 3.05) is 0 Å². The Bertz CT molecular complexity index is 928. The molecule has 0 aliphatic carbocycles. The predicted octanol–water partition coefficient (Wildman–Crippen LogP) is 4.93. The van der Waals surface area contributed by atoms with Gasteiger partial charge in [0.1, 0.15) is 0 Å². The second-order valence-electron chi connectivity index (χ2n) is 5.96. The molecule has 128 valence electrons. The van der Waals surface area contributed by atoms with E-state index in [2.05, 4.69) is 27.8 Å². The molecule has 0 aliphatic heterocycles. The number of Topliss-reactive ketones (excluding diaryl/α,β-unsaturated/α-hetero) is 1. The second kappa shape index (κ2) is 7.23. The Hall–Kier alpha value is -2.40. The average molecular weight is 400 g/mol. The van der Waals surface area contributed by atoms with Gasteiger partial charge in [-0.2, -0.15) is 0 Å². The van der Waals surface area contributed by atoms with Crippen molar-refractivity contribution >= 4 is 38.6 Å². The summed E-state index contributed by atoms with van der Waals surface area (Å²) in [4.78, 5) is 27.6. The van der Waals surface area contributed by atoms with Crippen molar-refractivity contribution in [2.24, 2.45) is 0 Å². The summed E-state index contributed by atoms with van der Waals surface area (Å²) in [5.41, 5.74) is 3.25. The van der Waals surface area contributed by atoms with Crippen molar-refractivity contribution in [3.63, 3.8) is 0 Å². The van der Waals surface area contributed by atoms with E-state index in [4.69, 9.17) is 0 Å². The summed E-state index contributed by atoms with van der Waals surface area (Å²) < 4.78 is 0.877. The largest absolute Gasteiger partial charge is 0.481 e. The lowest BCUT2D eigenvalue weighted by molar-refractivity contribution is -0.138. The molecule has 0 saturated carbocycles. The predicted molar refractivity (Wildman–Crippen MR) is 101 cm³/mol. The van der Waals surface area contributed by atoms with Gasteiger partial charge in [0.15, 0.2) is 5.78 Å². The molecule has 1 heterocycles. The number of carbonyl (C=O) groups is 2. The zero-order chi connectivity index (χ0) is 18.0. The molecular weight excluding hydrogens is 382 g/mol. The Morgan fingerprint density at radius 1 is 1.16 bits per heavy atom. The summed E-state index contributed by atoms with van der Waals surface area (Å²) in [6.07, 6.45) is 2.50. The number of H-pyrrole nitrogens is 1. The second-order valence-corrected chi connectivity index (χ2v) is 6.88. The lowest BCUT2D eigenvalue weighted by atomic mass is 9.91. The van der Waals surface area contributed by atoms with Gasteiger partial charge in [0.05, 0.1) is 5.92 Å². The Kier molecular flexibility index (Phi) is 5.04. The molecule has 3 rings (SSSR count). The van der Waals surface area contributed by atoms with E-state index in [1.165, 1.54) is 0 Å². The molecule has 0 fully saturated rings. The minimum atomic E-state index is -0.992. The molecule has 0 spiro atoms. The van der Waals surface area contributed by atoms with E-state index < -0.39 is 11.9 Å². The van der Waals surface area contributed by atoms with E-state index in [1.807, 2.05) is 18.2 Å². The summed E-state index contributed by atoms with van der Waals surface area (Å²) in [5.74, 6) is -2.05. The molecule has 2 aromatic carbocycles. The number of carbonyl (C=O) groups excluding carboxylic acids is 1. The number of hydrogen-bond donors (Lipinski definition) is 2. The van der Waals surface area contributed by atoms with Crippen LogP contribution in [-0.2, 0) is 11.2 Å². The third-order valence-corrected chi connectivity index (χ3v) is 4.97. The van der Waals surface area contributed by atoms with Gasteiger partial charge in [-0.25, -0.2) is 0 Å². The van der Waals surface area contributed by atoms with Crippen LogP contribution >= 0.6 is 15.9 Å². The van der Waals surface area contributed by atoms with Crippen LogP contribution in [0.1, 0.15) is 40.7 Å². The lowest BCUT2D eigenvalue weighted by Gasteiger charge is -2.11. The molecule has 0 unspecified atom stereocenters. The molecule has 5 heteroatoms. The van der Waals surface area contributed by atoms with E-state index in [1.54, 1.807) is 30.5 Å². The maximum absolute atomic E-state index is 12.5. The standard InChI is InChI=1S/C20H18BrNO3/c1-2-12-4-3-5-15-17(11-22-19(12)15)16(20(24)25)10-18(23)13-6-8-14(21)9-7-13/h3-9,11,16,22H,2,10H2,1H3,(H,24,25)/t16-/m1/s1. The molecule has 0 radical (unpaired) electrons. The third kappa shape index (κ3) is 3.51. The highest BCUT2D eigenvalue weighted by molar-refractivity contribution is 9.10. The van der Waals surface area contributed by atoms with Crippen LogP contribution in [0, 0.1) is 0 Å². The molecule has 1 aromatic heterocycles. The Morgan fingerprint density at radius 2 is 1.88 bits per heavy atom. The monoisotopic (exact) mass is 399 g/mol. The number of carboxylic acids is 1. The minimum absolute atomic E-state index is 0.0692. The first kappa shape index (κ1) is 17.4. The third-order valence-electron chi connectivity index (χ3n) is 4.44. The maximum Gasteiger partial charge on any atom is 0.311 e. The van der Waals surface area contributed by atoms with Gasteiger partial charge < -0.3 is 10.1 Å². The number of hydrogen-bond acceptors (Lipinski definition) is 2. The van der Waals surface area contributed by atoms with E-state index in [-0.39, 0.29) is 12.2 Å². The van der Waals surface area contributed by atoms with Gasteiger partial charge in [0.25, 0.3) is 0 Å². The highest BCUT2D eigenvalue weighted by Gasteiger charge is 2.26. The van der Waals surface area contributed by atoms with Crippen LogP contribution in [0.15, 0.2) is 53.1 Å². The van der Waals surface area contributed by atoms with E-state index in [0.717, 1.165) is 27.4 Å². The molecule has 0 bridgehead atoms. The van der Waals surface area contributed by atoms with Crippen LogP contribution in [0.2, 0.25) is 0 Å². The quantitative estimate of drug-likeness (QED) is 0.577. The first-order valence-corrected chi connectivity index (χ1v) is 8.91. The van der Waals surface area contributed by atoms with Gasteiger partial charge in [0.2, 0.25) is 0 Å². The molecule has 25 heavy (non-hydrogen) atoms. The van der Waals surface area contributed by atoms with Crippen LogP contribution in [-0.4, -0.2) is 21.8 Å². The number of rotatable bonds is 6. The molecule has 1 atom stereocenters.